The molecule has 0 aliphatic rings. The highest BCUT2D eigenvalue weighted by atomic mass is 32.2. The van der Waals surface area contributed by atoms with Gasteiger partial charge in [0.15, 0.2) is 0 Å². The van der Waals surface area contributed by atoms with E-state index in [4.69, 9.17) is 0 Å². The van der Waals surface area contributed by atoms with Gasteiger partial charge in [0.25, 0.3) is 0 Å². The van der Waals surface area contributed by atoms with Crippen LogP contribution in [0.15, 0.2) is 18.3 Å². The Bertz CT molecular complexity index is 447. The van der Waals surface area contributed by atoms with E-state index in [1.54, 1.807) is 0 Å². The summed E-state index contributed by atoms with van der Waals surface area (Å²) in [6.07, 6.45) is 1.93. The van der Waals surface area contributed by atoms with E-state index in [1.807, 2.05) is 0 Å². The highest BCUT2D eigenvalue weighted by Gasteiger charge is 2.14. The molecule has 0 aliphatic heterocycles. The van der Waals surface area contributed by atoms with E-state index in [0.29, 0.717) is 0 Å². The van der Waals surface area contributed by atoms with Crippen LogP contribution in [0.4, 0.5) is 4.39 Å². The fourth-order valence-corrected chi connectivity index (χ4v) is 2.01. The molecule has 0 aliphatic carbocycles. The van der Waals surface area contributed by atoms with Gasteiger partial charge in [0.2, 0.25) is 0 Å². The van der Waals surface area contributed by atoms with Crippen molar-refractivity contribution in [3.63, 3.8) is 0 Å². The van der Waals surface area contributed by atoms with E-state index in [0.717, 1.165) is 6.26 Å². The maximum atomic E-state index is 13.2. The summed E-state index contributed by atoms with van der Waals surface area (Å²) in [5, 5.41) is 9.60. The van der Waals surface area contributed by atoms with Crippen molar-refractivity contribution in [1.82, 2.24) is 4.98 Å². The van der Waals surface area contributed by atoms with E-state index in [1.165, 1.54) is 18.3 Å². The minimum absolute atomic E-state index is 0.0154. The molecule has 0 spiro atoms. The van der Waals surface area contributed by atoms with Gasteiger partial charge in [-0.1, -0.05) is 0 Å². The lowest BCUT2D eigenvalue weighted by Gasteiger charge is -2.09. The molecule has 1 aromatic rings. The quantitative estimate of drug-likeness (QED) is 0.845. The SMILES string of the molecule is CS(=O)(=O)CCCC(O)c1ncccc1F. The summed E-state index contributed by atoms with van der Waals surface area (Å²) in [6, 6.07) is 2.64. The molecule has 1 unspecified atom stereocenters. The Hall–Kier alpha value is -1.01. The molecule has 1 heterocycles. The van der Waals surface area contributed by atoms with Crippen LogP contribution in [-0.2, 0) is 9.84 Å². The number of hydrogen-bond donors (Lipinski definition) is 1. The zero-order chi connectivity index (χ0) is 12.2. The highest BCUT2D eigenvalue weighted by molar-refractivity contribution is 7.90. The lowest BCUT2D eigenvalue weighted by molar-refractivity contribution is 0.157. The molecule has 0 aromatic carbocycles. The van der Waals surface area contributed by atoms with Gasteiger partial charge in [0.05, 0.1) is 6.10 Å². The second kappa shape index (κ2) is 5.36. The Morgan fingerprint density at radius 2 is 2.25 bits per heavy atom. The smallest absolute Gasteiger partial charge is 0.147 e. The number of rotatable bonds is 5. The second-order valence-corrected chi connectivity index (χ2v) is 5.92. The van der Waals surface area contributed by atoms with Crippen molar-refractivity contribution in [2.75, 3.05) is 12.0 Å². The standard InChI is InChI=1S/C10H14FNO3S/c1-16(14,15)7-3-5-9(13)10-8(11)4-2-6-12-10/h2,4,6,9,13H,3,5,7H2,1H3. The topological polar surface area (TPSA) is 67.3 Å². The van der Waals surface area contributed by atoms with E-state index in [2.05, 4.69) is 4.98 Å². The van der Waals surface area contributed by atoms with Crippen LogP contribution in [0, 0.1) is 5.82 Å². The summed E-state index contributed by atoms with van der Waals surface area (Å²) in [6.45, 7) is 0. The lowest BCUT2D eigenvalue weighted by atomic mass is 10.1. The average molecular weight is 247 g/mol. The largest absolute Gasteiger partial charge is 0.387 e. The number of hydrogen-bond acceptors (Lipinski definition) is 4. The summed E-state index contributed by atoms with van der Waals surface area (Å²) in [5.41, 5.74) is -0.0315. The number of aromatic nitrogens is 1. The predicted molar refractivity (Wildman–Crippen MR) is 58.1 cm³/mol. The van der Waals surface area contributed by atoms with Crippen molar-refractivity contribution in [2.45, 2.75) is 18.9 Å². The van der Waals surface area contributed by atoms with Crippen molar-refractivity contribution in [3.05, 3.63) is 29.8 Å². The Balaban J connectivity index is 2.54. The van der Waals surface area contributed by atoms with Gasteiger partial charge >= 0.3 is 0 Å². The second-order valence-electron chi connectivity index (χ2n) is 3.66. The molecule has 1 aromatic heterocycles. The third-order valence-electron chi connectivity index (χ3n) is 2.10. The first kappa shape index (κ1) is 13.1. The molecule has 0 amide bonds. The van der Waals surface area contributed by atoms with E-state index >= 15 is 0 Å². The lowest BCUT2D eigenvalue weighted by Crippen LogP contribution is -2.08. The molecule has 1 rings (SSSR count). The van der Waals surface area contributed by atoms with Crippen LogP contribution in [0.2, 0.25) is 0 Å². The molecule has 1 N–H and O–H groups in total. The Morgan fingerprint density at radius 1 is 1.56 bits per heavy atom. The van der Waals surface area contributed by atoms with E-state index in [-0.39, 0.29) is 24.3 Å². The maximum absolute atomic E-state index is 13.2. The van der Waals surface area contributed by atoms with E-state index in [9.17, 15) is 17.9 Å². The third kappa shape index (κ3) is 4.24. The fraction of sp³-hybridized carbons (Fsp3) is 0.500. The maximum Gasteiger partial charge on any atom is 0.147 e. The van der Waals surface area contributed by atoms with Gasteiger partial charge in [-0.25, -0.2) is 12.8 Å². The van der Waals surface area contributed by atoms with Crippen molar-refractivity contribution in [2.24, 2.45) is 0 Å². The summed E-state index contributed by atoms with van der Waals surface area (Å²) in [4.78, 5) is 3.72. The summed E-state index contributed by atoms with van der Waals surface area (Å²) >= 11 is 0. The molecule has 6 heteroatoms. The van der Waals surface area contributed by atoms with Gasteiger partial charge in [-0.05, 0) is 25.0 Å². The third-order valence-corrected chi connectivity index (χ3v) is 3.13. The molecular formula is C10H14FNO3S. The first-order chi connectivity index (χ1) is 7.40. The number of sulfone groups is 1. The molecule has 0 saturated heterocycles. The van der Waals surface area contributed by atoms with Crippen molar-refractivity contribution in [3.8, 4) is 0 Å². The zero-order valence-corrected chi connectivity index (χ0v) is 9.74. The van der Waals surface area contributed by atoms with Gasteiger partial charge in [-0.2, -0.15) is 0 Å². The van der Waals surface area contributed by atoms with Crippen LogP contribution in [0.25, 0.3) is 0 Å². The van der Waals surface area contributed by atoms with Crippen LogP contribution in [0.1, 0.15) is 24.6 Å². The molecular weight excluding hydrogens is 233 g/mol. The number of aliphatic hydroxyl groups excluding tert-OH is 1. The number of aliphatic hydroxyl groups is 1. The monoisotopic (exact) mass is 247 g/mol. The summed E-state index contributed by atoms with van der Waals surface area (Å²) in [5.74, 6) is -0.590. The number of halogens is 1. The summed E-state index contributed by atoms with van der Waals surface area (Å²) in [7, 11) is -3.04. The molecule has 90 valence electrons. The van der Waals surface area contributed by atoms with E-state index < -0.39 is 21.8 Å². The summed E-state index contributed by atoms with van der Waals surface area (Å²) < 4.78 is 34.9. The first-order valence-corrected chi connectivity index (χ1v) is 6.92. The van der Waals surface area contributed by atoms with Gasteiger partial charge in [-0.3, -0.25) is 4.98 Å². The molecule has 0 saturated carbocycles. The predicted octanol–water partition coefficient (Wildman–Crippen LogP) is 1.08. The Labute approximate surface area is 94.1 Å². The minimum Gasteiger partial charge on any atom is -0.387 e. The van der Waals surface area contributed by atoms with Gasteiger partial charge < -0.3 is 5.11 Å². The van der Waals surface area contributed by atoms with Crippen molar-refractivity contribution >= 4 is 9.84 Å². The molecule has 0 bridgehead atoms. The van der Waals surface area contributed by atoms with Crippen molar-refractivity contribution < 1.29 is 17.9 Å². The highest BCUT2D eigenvalue weighted by Crippen LogP contribution is 2.18. The molecule has 4 nitrogen and oxygen atoms in total. The van der Waals surface area contributed by atoms with Crippen LogP contribution in [0.5, 0.6) is 0 Å². The zero-order valence-electron chi connectivity index (χ0n) is 8.93. The van der Waals surface area contributed by atoms with Gasteiger partial charge in [0.1, 0.15) is 21.3 Å². The molecule has 0 fully saturated rings. The molecule has 1 atom stereocenters. The fourth-order valence-electron chi connectivity index (χ4n) is 1.32. The first-order valence-electron chi connectivity index (χ1n) is 4.86. The average Bonchev–Trinajstić information content (AvgIpc) is 2.16. The van der Waals surface area contributed by atoms with Gasteiger partial charge in [0, 0.05) is 18.2 Å². The molecule has 16 heavy (non-hydrogen) atoms. The number of pyridine rings is 1. The van der Waals surface area contributed by atoms with Crippen LogP contribution in [-0.4, -0.2) is 30.5 Å². The minimum atomic E-state index is -3.04. The number of nitrogens with zero attached hydrogens (tertiary/aromatic N) is 1. The Kier molecular flexibility index (Phi) is 4.37. The van der Waals surface area contributed by atoms with Crippen LogP contribution in [0.3, 0.4) is 0 Å². The normalized spacial score (nSPS) is 13.7. The van der Waals surface area contributed by atoms with Crippen LogP contribution >= 0.6 is 0 Å². The van der Waals surface area contributed by atoms with Crippen LogP contribution < -0.4 is 0 Å². The molecule has 0 radical (unpaired) electrons. The van der Waals surface area contributed by atoms with Gasteiger partial charge in [-0.15, -0.1) is 0 Å². The Morgan fingerprint density at radius 3 is 2.81 bits per heavy atom. The van der Waals surface area contributed by atoms with Crippen molar-refractivity contribution in [1.29, 1.82) is 0 Å².